The van der Waals surface area contributed by atoms with Crippen molar-refractivity contribution in [1.82, 2.24) is 15.0 Å². The normalized spacial score (nSPS) is 8.82. The molecule has 0 saturated heterocycles. The summed E-state index contributed by atoms with van der Waals surface area (Å²) >= 11 is 0. The molecule has 0 spiro atoms. The van der Waals surface area contributed by atoms with Gasteiger partial charge < -0.3 is 4.79 Å². The molecule has 1 heterocycles. The summed E-state index contributed by atoms with van der Waals surface area (Å²) < 4.78 is 1.12. The van der Waals surface area contributed by atoms with Crippen LogP contribution in [0.15, 0.2) is 4.79 Å². The zero-order valence-electron chi connectivity index (χ0n) is 6.24. The van der Waals surface area contributed by atoms with Crippen LogP contribution in [0.1, 0.15) is 11.3 Å². The second-order valence-electron chi connectivity index (χ2n) is 1.94. The van der Waals surface area contributed by atoms with Crippen LogP contribution in [0.4, 0.5) is 0 Å². The summed E-state index contributed by atoms with van der Waals surface area (Å²) in [6.07, 6.45) is 0. The molecule has 0 aromatic carbocycles. The summed E-state index contributed by atoms with van der Waals surface area (Å²) in [5, 5.41) is 7.07. The Balaban J connectivity index is 0.000001000. The maximum absolute atomic E-state index is 10.9. The van der Waals surface area contributed by atoms with Gasteiger partial charge in [0.25, 0.3) is 0 Å². The van der Waals surface area contributed by atoms with Crippen molar-refractivity contribution in [3.05, 3.63) is 35.5 Å². The minimum atomic E-state index is -0.250. The Bertz CT molecular complexity index is 307. The second-order valence-corrected chi connectivity index (χ2v) is 1.94. The van der Waals surface area contributed by atoms with E-state index in [0.717, 1.165) is 4.68 Å². The number of rotatable bonds is 0. The summed E-state index contributed by atoms with van der Waals surface area (Å²) in [5.41, 5.74) is 0.389. The Kier molecular flexibility index (Phi) is 3.76. The third-order valence-electron chi connectivity index (χ3n) is 1.20. The summed E-state index contributed by atoms with van der Waals surface area (Å²) in [6, 6.07) is 0. The molecule has 0 fully saturated rings. The SMILES string of the molecule is [CH2-]c1nnn(C)c(=O)c1[CH2-].[Y]. The van der Waals surface area contributed by atoms with Gasteiger partial charge in [-0.25, -0.2) is 5.10 Å². The minimum absolute atomic E-state index is 0. The Morgan fingerprint density at radius 1 is 1.45 bits per heavy atom. The standard InChI is InChI=1S/C6H7N3O.Y/c1-4-5(2)7-8-9(3)6(4)10;/h1-2H2,3H3;/q-2;. The van der Waals surface area contributed by atoms with Gasteiger partial charge >= 0.3 is 0 Å². The molecule has 0 atom stereocenters. The van der Waals surface area contributed by atoms with Gasteiger partial charge in [0.05, 0.1) is 5.56 Å². The van der Waals surface area contributed by atoms with Crippen LogP contribution in [0, 0.1) is 13.8 Å². The Morgan fingerprint density at radius 2 is 2.00 bits per heavy atom. The summed E-state index contributed by atoms with van der Waals surface area (Å²) in [6.45, 7) is 6.95. The van der Waals surface area contributed by atoms with Gasteiger partial charge in [-0.15, -0.1) is 0 Å². The summed E-state index contributed by atoms with van der Waals surface area (Å²) in [7, 11) is 1.52. The van der Waals surface area contributed by atoms with E-state index < -0.39 is 0 Å². The van der Waals surface area contributed by atoms with E-state index in [2.05, 4.69) is 24.2 Å². The molecule has 0 unspecified atom stereocenters. The van der Waals surface area contributed by atoms with Gasteiger partial charge in [0.15, 0.2) is 0 Å². The third-order valence-corrected chi connectivity index (χ3v) is 1.20. The molecule has 1 radical (unpaired) electrons. The van der Waals surface area contributed by atoms with E-state index in [9.17, 15) is 4.79 Å². The largest absolute Gasteiger partial charge is 0.366 e. The van der Waals surface area contributed by atoms with E-state index in [1.54, 1.807) is 0 Å². The first kappa shape index (κ1) is 10.7. The average molecular weight is 226 g/mol. The van der Waals surface area contributed by atoms with E-state index in [0.29, 0.717) is 11.3 Å². The van der Waals surface area contributed by atoms with Crippen molar-refractivity contribution >= 4 is 0 Å². The fourth-order valence-electron chi connectivity index (χ4n) is 0.541. The van der Waals surface area contributed by atoms with Crippen molar-refractivity contribution in [2.75, 3.05) is 0 Å². The molecule has 0 saturated carbocycles. The predicted molar refractivity (Wildman–Crippen MR) is 36.2 cm³/mol. The van der Waals surface area contributed by atoms with E-state index >= 15 is 0 Å². The van der Waals surface area contributed by atoms with E-state index in [1.165, 1.54) is 7.05 Å². The van der Waals surface area contributed by atoms with Crippen LogP contribution >= 0.6 is 0 Å². The van der Waals surface area contributed by atoms with Gasteiger partial charge in [-0.3, -0.25) is 24.1 Å². The van der Waals surface area contributed by atoms with Crippen molar-refractivity contribution in [3.8, 4) is 0 Å². The Labute approximate surface area is 89.9 Å². The third kappa shape index (κ3) is 2.04. The van der Waals surface area contributed by atoms with Crippen LogP contribution in [-0.2, 0) is 39.8 Å². The van der Waals surface area contributed by atoms with Gasteiger partial charge in [0.1, 0.15) is 0 Å². The molecule has 0 aliphatic heterocycles. The van der Waals surface area contributed by atoms with Gasteiger partial charge in [-0.2, -0.15) is 5.69 Å². The molecule has 1 aromatic heterocycles. The van der Waals surface area contributed by atoms with Crippen molar-refractivity contribution in [1.29, 1.82) is 0 Å². The number of hydrogen-bond acceptors (Lipinski definition) is 3. The Hall–Kier alpha value is -0.346. The summed E-state index contributed by atoms with van der Waals surface area (Å²) in [4.78, 5) is 10.9. The first-order chi connectivity index (χ1) is 4.63. The molecule has 5 heteroatoms. The first-order valence-electron chi connectivity index (χ1n) is 2.71. The molecule has 11 heavy (non-hydrogen) atoms. The van der Waals surface area contributed by atoms with Crippen molar-refractivity contribution < 1.29 is 32.7 Å². The van der Waals surface area contributed by atoms with Crippen LogP contribution < -0.4 is 5.56 Å². The number of hydrogen-bond donors (Lipinski definition) is 0. The zero-order valence-corrected chi connectivity index (χ0v) is 9.08. The molecule has 57 valence electrons. The fourth-order valence-corrected chi connectivity index (χ4v) is 0.541. The maximum Gasteiger partial charge on any atom is 0.0794 e. The monoisotopic (exact) mass is 226 g/mol. The van der Waals surface area contributed by atoms with Gasteiger partial charge in [0, 0.05) is 39.8 Å². The van der Waals surface area contributed by atoms with E-state index in [4.69, 9.17) is 0 Å². The molecular weight excluding hydrogens is 219 g/mol. The molecule has 0 aliphatic rings. The van der Waals surface area contributed by atoms with E-state index in [1.807, 2.05) is 0 Å². The van der Waals surface area contributed by atoms with Crippen LogP contribution in [0.25, 0.3) is 0 Å². The molecule has 4 nitrogen and oxygen atoms in total. The van der Waals surface area contributed by atoms with Gasteiger partial charge in [0.2, 0.25) is 0 Å². The minimum Gasteiger partial charge on any atom is -0.366 e. The maximum atomic E-state index is 10.9. The molecule has 0 amide bonds. The number of aryl methyl sites for hydroxylation is 1. The molecular formula is C6H7N3OY-2. The quantitative estimate of drug-likeness (QED) is 0.562. The van der Waals surface area contributed by atoms with E-state index in [-0.39, 0.29) is 38.3 Å². The number of aromatic nitrogens is 3. The summed E-state index contributed by atoms with van der Waals surface area (Å²) in [5.74, 6) is 0. The predicted octanol–water partition coefficient (Wildman–Crippen LogP) is -0.463. The smallest absolute Gasteiger partial charge is 0.0794 e. The van der Waals surface area contributed by atoms with Crippen molar-refractivity contribution in [2.24, 2.45) is 7.05 Å². The van der Waals surface area contributed by atoms with Gasteiger partial charge in [-0.1, -0.05) is 5.21 Å². The topological polar surface area (TPSA) is 47.8 Å². The molecule has 1 rings (SSSR count). The van der Waals surface area contributed by atoms with Crippen molar-refractivity contribution in [3.63, 3.8) is 0 Å². The second kappa shape index (κ2) is 3.88. The van der Waals surface area contributed by atoms with Crippen LogP contribution in [0.5, 0.6) is 0 Å². The van der Waals surface area contributed by atoms with Crippen LogP contribution in [-0.4, -0.2) is 15.0 Å². The number of nitrogens with zero attached hydrogens (tertiary/aromatic N) is 3. The molecule has 0 N–H and O–H groups in total. The average Bonchev–Trinajstić information content (AvgIpc) is 1.93. The molecule has 0 bridgehead atoms. The van der Waals surface area contributed by atoms with Crippen molar-refractivity contribution in [2.45, 2.75) is 0 Å². The fraction of sp³-hybridized carbons (Fsp3) is 0.167. The van der Waals surface area contributed by atoms with Crippen LogP contribution in [0.3, 0.4) is 0 Å². The van der Waals surface area contributed by atoms with Gasteiger partial charge in [-0.05, 0) is 0 Å². The molecule has 0 aliphatic carbocycles. The molecule has 1 aromatic rings. The first-order valence-corrected chi connectivity index (χ1v) is 2.71. The zero-order chi connectivity index (χ0) is 7.72. The Morgan fingerprint density at radius 3 is 2.45 bits per heavy atom. The van der Waals surface area contributed by atoms with Crippen LogP contribution in [0.2, 0.25) is 0 Å².